The van der Waals surface area contributed by atoms with Crippen molar-refractivity contribution in [3.8, 4) is 29.2 Å². The van der Waals surface area contributed by atoms with Crippen molar-refractivity contribution in [2.75, 3.05) is 18.8 Å². The van der Waals surface area contributed by atoms with E-state index in [1.165, 1.54) is 17.1 Å². The van der Waals surface area contributed by atoms with Crippen molar-refractivity contribution >= 4 is 22.9 Å². The number of carbonyl (C=O) groups is 1. The number of hydrogen-bond donors (Lipinski definition) is 1. The Balaban J connectivity index is 1.54. The molecule has 0 bridgehead atoms. The van der Waals surface area contributed by atoms with Crippen molar-refractivity contribution in [1.82, 2.24) is 29.0 Å². The number of fused-ring (bicyclic) bond motifs is 1. The number of benzene rings is 1. The highest BCUT2D eigenvalue weighted by atomic mass is 16.5. The first-order chi connectivity index (χ1) is 16.6. The number of carbonyl (C=O) groups excluding carboxylic acids is 1. The molecule has 5 rings (SSSR count). The van der Waals surface area contributed by atoms with Crippen molar-refractivity contribution in [1.29, 1.82) is 0 Å². The molecule has 1 unspecified atom stereocenters. The van der Waals surface area contributed by atoms with E-state index in [0.29, 0.717) is 48.0 Å². The topological polar surface area (TPSA) is 121 Å². The van der Waals surface area contributed by atoms with Gasteiger partial charge < -0.3 is 15.4 Å². The molecular weight excluding hydrogens is 434 g/mol. The predicted molar refractivity (Wildman–Crippen MR) is 126 cm³/mol. The van der Waals surface area contributed by atoms with Crippen LogP contribution in [-0.2, 0) is 4.79 Å². The third-order valence-electron chi connectivity index (χ3n) is 5.67. The average Bonchev–Trinajstić information content (AvgIpc) is 3.43. The number of anilines is 1. The van der Waals surface area contributed by atoms with Gasteiger partial charge in [0.25, 0.3) is 5.91 Å². The Morgan fingerprint density at radius 2 is 1.97 bits per heavy atom. The summed E-state index contributed by atoms with van der Waals surface area (Å²) < 4.78 is 8.77. The normalized spacial score (nSPS) is 15.2. The van der Waals surface area contributed by atoms with Crippen LogP contribution in [0.15, 0.2) is 59.8 Å². The van der Waals surface area contributed by atoms with Gasteiger partial charge in [-0.2, -0.15) is 0 Å². The highest BCUT2D eigenvalue weighted by molar-refractivity contribution is 5.93. The molecule has 1 atom stereocenters. The molecule has 0 aliphatic carbocycles. The quantitative estimate of drug-likeness (QED) is 0.468. The number of para-hydroxylation sites is 1. The Hall–Kier alpha value is -4.65. The van der Waals surface area contributed by atoms with Crippen molar-refractivity contribution < 1.29 is 9.53 Å². The van der Waals surface area contributed by atoms with E-state index in [2.05, 4.69) is 26.8 Å². The maximum atomic E-state index is 13.6. The number of amides is 1. The Morgan fingerprint density at radius 1 is 1.15 bits per heavy atom. The molecular formula is C24H21N7O3. The van der Waals surface area contributed by atoms with Crippen LogP contribution in [0, 0.1) is 11.8 Å². The highest BCUT2D eigenvalue weighted by Gasteiger charge is 2.31. The SMILES string of the molecule is CC#CC(=O)N1CCC(n2c(=O)n(-c3ccc(Oc4ccccc4)nc3)c3c(N)ncnc32)C1. The van der Waals surface area contributed by atoms with Crippen LogP contribution in [0.1, 0.15) is 19.4 Å². The molecule has 0 radical (unpaired) electrons. The molecule has 1 aliphatic rings. The lowest BCUT2D eigenvalue weighted by molar-refractivity contribution is -0.124. The van der Waals surface area contributed by atoms with E-state index in [4.69, 9.17) is 10.5 Å². The van der Waals surface area contributed by atoms with Crippen LogP contribution in [-0.4, -0.2) is 48.0 Å². The summed E-state index contributed by atoms with van der Waals surface area (Å²) >= 11 is 0. The number of nitrogen functional groups attached to an aromatic ring is 1. The van der Waals surface area contributed by atoms with E-state index in [-0.39, 0.29) is 23.5 Å². The number of hydrogen-bond acceptors (Lipinski definition) is 7. The number of ether oxygens (including phenoxy) is 1. The van der Waals surface area contributed by atoms with Gasteiger partial charge in [-0.3, -0.25) is 13.9 Å². The minimum Gasteiger partial charge on any atom is -0.439 e. The third kappa shape index (κ3) is 3.73. The van der Waals surface area contributed by atoms with Gasteiger partial charge >= 0.3 is 5.69 Å². The number of imidazole rings is 1. The Kier molecular flexibility index (Phi) is 5.43. The highest BCUT2D eigenvalue weighted by Crippen LogP contribution is 2.28. The van der Waals surface area contributed by atoms with Crippen molar-refractivity contribution in [2.24, 2.45) is 0 Å². The summed E-state index contributed by atoms with van der Waals surface area (Å²) in [5.41, 5.74) is 7.14. The average molecular weight is 455 g/mol. The number of aromatic nitrogens is 5. The first kappa shape index (κ1) is 21.2. The molecule has 1 aromatic carbocycles. The maximum absolute atomic E-state index is 13.6. The monoisotopic (exact) mass is 455 g/mol. The second kappa shape index (κ2) is 8.71. The van der Waals surface area contributed by atoms with Crippen LogP contribution in [0.4, 0.5) is 5.82 Å². The van der Waals surface area contributed by atoms with E-state index >= 15 is 0 Å². The number of pyridine rings is 1. The van der Waals surface area contributed by atoms with E-state index in [1.54, 1.807) is 28.5 Å². The van der Waals surface area contributed by atoms with Crippen molar-refractivity contribution in [3.63, 3.8) is 0 Å². The van der Waals surface area contributed by atoms with Crippen LogP contribution < -0.4 is 16.2 Å². The zero-order valence-corrected chi connectivity index (χ0v) is 18.4. The molecule has 34 heavy (non-hydrogen) atoms. The fourth-order valence-corrected chi connectivity index (χ4v) is 4.13. The first-order valence-corrected chi connectivity index (χ1v) is 10.7. The summed E-state index contributed by atoms with van der Waals surface area (Å²) in [6.07, 6.45) is 3.47. The summed E-state index contributed by atoms with van der Waals surface area (Å²) in [5.74, 6) is 6.14. The van der Waals surface area contributed by atoms with E-state index in [0.717, 1.165) is 0 Å². The smallest absolute Gasteiger partial charge is 0.335 e. The van der Waals surface area contributed by atoms with Gasteiger partial charge in [-0.1, -0.05) is 24.1 Å². The maximum Gasteiger partial charge on any atom is 0.335 e. The van der Waals surface area contributed by atoms with Crippen LogP contribution in [0.5, 0.6) is 11.6 Å². The van der Waals surface area contributed by atoms with E-state index in [9.17, 15) is 9.59 Å². The number of nitrogens with two attached hydrogens (primary N) is 1. The van der Waals surface area contributed by atoms with E-state index < -0.39 is 0 Å². The molecule has 4 aromatic rings. The lowest BCUT2D eigenvalue weighted by Gasteiger charge is -2.14. The van der Waals surface area contributed by atoms with Crippen molar-refractivity contribution in [2.45, 2.75) is 19.4 Å². The van der Waals surface area contributed by atoms with Gasteiger partial charge in [-0.05, 0) is 37.5 Å². The van der Waals surface area contributed by atoms with Gasteiger partial charge in [0.1, 0.15) is 17.6 Å². The minimum atomic E-state index is -0.332. The van der Waals surface area contributed by atoms with Crippen molar-refractivity contribution in [3.05, 3.63) is 65.5 Å². The molecule has 2 N–H and O–H groups in total. The molecule has 170 valence electrons. The predicted octanol–water partition coefficient (Wildman–Crippen LogP) is 2.15. The zero-order valence-electron chi connectivity index (χ0n) is 18.4. The molecule has 0 spiro atoms. The molecule has 3 aromatic heterocycles. The van der Waals surface area contributed by atoms with Gasteiger partial charge in [0.15, 0.2) is 11.5 Å². The van der Waals surface area contributed by atoms with Crippen LogP contribution in [0.25, 0.3) is 16.9 Å². The number of nitrogens with zero attached hydrogens (tertiary/aromatic N) is 6. The van der Waals surface area contributed by atoms with Gasteiger partial charge in [-0.25, -0.2) is 19.7 Å². The van der Waals surface area contributed by atoms with Crippen LogP contribution in [0.3, 0.4) is 0 Å². The molecule has 1 aliphatic heterocycles. The van der Waals surface area contributed by atoms with Gasteiger partial charge in [-0.15, -0.1) is 0 Å². The molecule has 10 nitrogen and oxygen atoms in total. The van der Waals surface area contributed by atoms with E-state index in [1.807, 2.05) is 30.3 Å². The standard InChI is InChI=1S/C24H21N7O3/c1-2-6-20(32)29-12-11-17(14-29)31-23-21(22(25)27-15-28-23)30(24(31)33)16-9-10-19(26-13-16)34-18-7-4-3-5-8-18/h3-5,7-10,13,15,17H,11-12,14H2,1H3,(H2,25,27,28). The Labute approximate surface area is 194 Å². The molecule has 10 heteroatoms. The van der Waals surface area contributed by atoms with Gasteiger partial charge in [0.2, 0.25) is 5.88 Å². The summed E-state index contributed by atoms with van der Waals surface area (Å²) in [7, 11) is 0. The summed E-state index contributed by atoms with van der Waals surface area (Å²) in [4.78, 5) is 40.2. The fraction of sp³-hybridized carbons (Fsp3) is 0.208. The largest absolute Gasteiger partial charge is 0.439 e. The molecule has 0 saturated carbocycles. The Bertz CT molecular complexity index is 1480. The second-order valence-electron chi connectivity index (χ2n) is 7.76. The molecule has 1 amide bonds. The summed E-state index contributed by atoms with van der Waals surface area (Å²) in [6.45, 7) is 2.48. The van der Waals surface area contributed by atoms with Gasteiger partial charge in [0, 0.05) is 19.2 Å². The molecule has 1 fully saturated rings. The van der Waals surface area contributed by atoms with Gasteiger partial charge in [0.05, 0.1) is 17.9 Å². The minimum absolute atomic E-state index is 0.174. The Morgan fingerprint density at radius 3 is 2.71 bits per heavy atom. The fourth-order valence-electron chi connectivity index (χ4n) is 4.13. The first-order valence-electron chi connectivity index (χ1n) is 10.7. The lowest BCUT2D eigenvalue weighted by atomic mass is 10.2. The third-order valence-corrected chi connectivity index (χ3v) is 5.67. The second-order valence-corrected chi connectivity index (χ2v) is 7.76. The summed E-state index contributed by atoms with van der Waals surface area (Å²) in [5, 5.41) is 0. The zero-order chi connectivity index (χ0) is 23.7. The summed E-state index contributed by atoms with van der Waals surface area (Å²) in [6, 6.07) is 12.4. The van der Waals surface area contributed by atoms with Crippen LogP contribution >= 0.6 is 0 Å². The van der Waals surface area contributed by atoms with Crippen LogP contribution in [0.2, 0.25) is 0 Å². The number of rotatable bonds is 4. The molecule has 1 saturated heterocycles. The lowest BCUT2D eigenvalue weighted by Crippen LogP contribution is -2.31. The number of likely N-dealkylation sites (tertiary alicyclic amines) is 1. The molecule has 4 heterocycles.